The predicted octanol–water partition coefficient (Wildman–Crippen LogP) is 4.54. The first-order valence-electron chi connectivity index (χ1n) is 10.8. The summed E-state index contributed by atoms with van der Waals surface area (Å²) in [5.74, 6) is -0.881. The lowest BCUT2D eigenvalue weighted by atomic mass is 9.99. The average molecular weight is 416 g/mol. The van der Waals surface area contributed by atoms with Crippen molar-refractivity contribution in [3.63, 3.8) is 0 Å². The van der Waals surface area contributed by atoms with E-state index in [2.05, 4.69) is 65.0 Å². The van der Waals surface area contributed by atoms with E-state index in [0.717, 1.165) is 31.7 Å². The van der Waals surface area contributed by atoms with Gasteiger partial charge in [0.05, 0.1) is 5.56 Å². The Kier molecular flexibility index (Phi) is 6.44. The van der Waals surface area contributed by atoms with E-state index < -0.39 is 5.97 Å². The zero-order valence-electron chi connectivity index (χ0n) is 18.1. The van der Waals surface area contributed by atoms with Crippen molar-refractivity contribution < 1.29 is 9.90 Å². The molecule has 2 heterocycles. The molecule has 160 valence electrons. The highest BCUT2D eigenvalue weighted by molar-refractivity contribution is 5.87. The SMILES string of the molecule is C[C@@H]1CN(Cc2ccccc2-c2ccncc2)C[C@H](C)N1Cc1ccc(C(=O)O)cc1. The molecule has 1 aromatic heterocycles. The molecule has 1 saturated heterocycles. The first-order valence-corrected chi connectivity index (χ1v) is 10.8. The number of hydrogen-bond acceptors (Lipinski definition) is 4. The predicted molar refractivity (Wildman–Crippen MR) is 123 cm³/mol. The van der Waals surface area contributed by atoms with Crippen LogP contribution in [0.2, 0.25) is 0 Å². The summed E-state index contributed by atoms with van der Waals surface area (Å²) in [4.78, 5) is 20.3. The van der Waals surface area contributed by atoms with Crippen LogP contribution in [0.3, 0.4) is 0 Å². The van der Waals surface area contributed by atoms with Crippen molar-refractivity contribution in [2.45, 2.75) is 39.0 Å². The molecule has 0 saturated carbocycles. The van der Waals surface area contributed by atoms with E-state index in [4.69, 9.17) is 5.11 Å². The Morgan fingerprint density at radius 2 is 1.58 bits per heavy atom. The highest BCUT2D eigenvalue weighted by atomic mass is 16.4. The number of carboxylic acids is 1. The van der Waals surface area contributed by atoms with Crippen LogP contribution in [0, 0.1) is 0 Å². The Hall–Kier alpha value is -3.02. The van der Waals surface area contributed by atoms with Gasteiger partial charge >= 0.3 is 5.97 Å². The lowest BCUT2D eigenvalue weighted by Crippen LogP contribution is -2.55. The molecule has 0 radical (unpaired) electrons. The number of aromatic carboxylic acids is 1. The molecule has 3 aromatic rings. The van der Waals surface area contributed by atoms with Crippen LogP contribution in [0.5, 0.6) is 0 Å². The Bertz CT molecular complexity index is 1010. The van der Waals surface area contributed by atoms with Crippen LogP contribution >= 0.6 is 0 Å². The number of carboxylic acid groups (broad SMARTS) is 1. The standard InChI is InChI=1S/C26H29N3O2/c1-19-15-28(18-24-5-3-4-6-25(24)22-11-13-27-14-12-22)16-20(2)29(19)17-21-7-9-23(10-8-21)26(30)31/h3-14,19-20H,15-18H2,1-2H3,(H,30,31)/t19-,20+. The fraction of sp³-hybridized carbons (Fsp3) is 0.308. The van der Waals surface area contributed by atoms with Gasteiger partial charge in [-0.2, -0.15) is 0 Å². The van der Waals surface area contributed by atoms with Crippen molar-refractivity contribution in [1.82, 2.24) is 14.8 Å². The third kappa shape index (κ3) is 5.01. The smallest absolute Gasteiger partial charge is 0.335 e. The van der Waals surface area contributed by atoms with E-state index in [1.807, 2.05) is 24.5 Å². The van der Waals surface area contributed by atoms with E-state index in [1.165, 1.54) is 16.7 Å². The van der Waals surface area contributed by atoms with E-state index in [-0.39, 0.29) is 0 Å². The zero-order chi connectivity index (χ0) is 21.8. The molecule has 2 aromatic carbocycles. The summed E-state index contributed by atoms with van der Waals surface area (Å²) in [6, 6.07) is 20.8. The molecule has 0 spiro atoms. The van der Waals surface area contributed by atoms with Gasteiger partial charge in [0.15, 0.2) is 0 Å². The molecule has 2 atom stereocenters. The van der Waals surface area contributed by atoms with Crippen molar-refractivity contribution >= 4 is 5.97 Å². The first kappa shape index (κ1) is 21.2. The van der Waals surface area contributed by atoms with Gasteiger partial charge in [-0.25, -0.2) is 4.79 Å². The number of benzene rings is 2. The number of rotatable bonds is 6. The third-order valence-corrected chi connectivity index (χ3v) is 6.15. The summed E-state index contributed by atoms with van der Waals surface area (Å²) < 4.78 is 0. The summed E-state index contributed by atoms with van der Waals surface area (Å²) >= 11 is 0. The molecule has 0 aliphatic carbocycles. The zero-order valence-corrected chi connectivity index (χ0v) is 18.1. The largest absolute Gasteiger partial charge is 0.478 e. The van der Waals surface area contributed by atoms with Gasteiger partial charge in [-0.15, -0.1) is 0 Å². The summed E-state index contributed by atoms with van der Waals surface area (Å²) in [5.41, 5.74) is 5.30. The van der Waals surface area contributed by atoms with Crippen LogP contribution in [0.15, 0.2) is 73.1 Å². The van der Waals surface area contributed by atoms with Gasteiger partial charge in [-0.05, 0) is 60.4 Å². The molecule has 1 aliphatic rings. The highest BCUT2D eigenvalue weighted by Crippen LogP contribution is 2.26. The van der Waals surface area contributed by atoms with Crippen LogP contribution in [-0.4, -0.2) is 51.0 Å². The van der Waals surface area contributed by atoms with Gasteiger partial charge in [0.25, 0.3) is 0 Å². The van der Waals surface area contributed by atoms with Crippen LogP contribution in [0.1, 0.15) is 35.3 Å². The van der Waals surface area contributed by atoms with Gasteiger partial charge < -0.3 is 5.11 Å². The first-order chi connectivity index (χ1) is 15.0. The minimum Gasteiger partial charge on any atom is -0.478 e. The highest BCUT2D eigenvalue weighted by Gasteiger charge is 2.29. The number of pyridine rings is 1. The molecule has 5 heteroatoms. The van der Waals surface area contributed by atoms with E-state index in [1.54, 1.807) is 12.1 Å². The lowest BCUT2D eigenvalue weighted by Gasteiger charge is -2.44. The topological polar surface area (TPSA) is 56.7 Å². The molecule has 0 amide bonds. The molecule has 1 N–H and O–H groups in total. The van der Waals surface area contributed by atoms with Crippen LogP contribution < -0.4 is 0 Å². The molecular formula is C26H29N3O2. The van der Waals surface area contributed by atoms with E-state index >= 15 is 0 Å². The number of aromatic nitrogens is 1. The normalized spacial score (nSPS) is 19.9. The summed E-state index contributed by atoms with van der Waals surface area (Å²) in [7, 11) is 0. The fourth-order valence-corrected chi connectivity index (χ4v) is 4.58. The minimum atomic E-state index is -0.881. The summed E-state index contributed by atoms with van der Waals surface area (Å²) in [6.07, 6.45) is 3.69. The fourth-order valence-electron chi connectivity index (χ4n) is 4.58. The maximum absolute atomic E-state index is 11.1. The number of nitrogens with zero attached hydrogens (tertiary/aromatic N) is 3. The molecule has 1 fully saturated rings. The molecular weight excluding hydrogens is 386 g/mol. The van der Waals surface area contributed by atoms with Gasteiger partial charge in [0.2, 0.25) is 0 Å². The Morgan fingerprint density at radius 1 is 0.935 bits per heavy atom. The van der Waals surface area contributed by atoms with Gasteiger partial charge in [0.1, 0.15) is 0 Å². The number of hydrogen-bond donors (Lipinski definition) is 1. The Morgan fingerprint density at radius 3 is 2.23 bits per heavy atom. The van der Waals surface area contributed by atoms with Gasteiger partial charge in [-0.3, -0.25) is 14.8 Å². The monoisotopic (exact) mass is 415 g/mol. The van der Waals surface area contributed by atoms with E-state index in [0.29, 0.717) is 17.6 Å². The molecule has 31 heavy (non-hydrogen) atoms. The van der Waals surface area contributed by atoms with Crippen LogP contribution in [0.25, 0.3) is 11.1 Å². The second-order valence-electron chi connectivity index (χ2n) is 8.46. The maximum atomic E-state index is 11.1. The molecule has 4 rings (SSSR count). The Balaban J connectivity index is 1.44. The minimum absolute atomic E-state index is 0.336. The molecule has 1 aliphatic heterocycles. The summed E-state index contributed by atoms with van der Waals surface area (Å²) in [5, 5.41) is 9.10. The maximum Gasteiger partial charge on any atom is 0.335 e. The number of carbonyl (C=O) groups is 1. The third-order valence-electron chi connectivity index (χ3n) is 6.15. The van der Waals surface area contributed by atoms with Gasteiger partial charge in [0, 0.05) is 50.7 Å². The average Bonchev–Trinajstić information content (AvgIpc) is 2.77. The van der Waals surface area contributed by atoms with Crippen molar-refractivity contribution in [2.24, 2.45) is 0 Å². The summed E-state index contributed by atoms with van der Waals surface area (Å²) in [6.45, 7) is 8.33. The van der Waals surface area contributed by atoms with Crippen molar-refractivity contribution in [3.05, 3.63) is 89.7 Å². The number of piperazine rings is 1. The molecule has 0 bridgehead atoms. The van der Waals surface area contributed by atoms with Crippen LogP contribution in [0.4, 0.5) is 0 Å². The Labute approximate surface area is 184 Å². The lowest BCUT2D eigenvalue weighted by molar-refractivity contribution is 0.0291. The van der Waals surface area contributed by atoms with Crippen LogP contribution in [-0.2, 0) is 13.1 Å². The van der Waals surface area contributed by atoms with E-state index in [9.17, 15) is 4.79 Å². The van der Waals surface area contributed by atoms with Crippen molar-refractivity contribution in [2.75, 3.05) is 13.1 Å². The molecule has 0 unspecified atom stereocenters. The second-order valence-corrected chi connectivity index (χ2v) is 8.46. The molecule has 5 nitrogen and oxygen atoms in total. The van der Waals surface area contributed by atoms with Crippen molar-refractivity contribution in [3.8, 4) is 11.1 Å². The van der Waals surface area contributed by atoms with Crippen molar-refractivity contribution in [1.29, 1.82) is 0 Å². The quantitative estimate of drug-likeness (QED) is 0.640. The second kappa shape index (κ2) is 9.41. The van der Waals surface area contributed by atoms with Gasteiger partial charge in [-0.1, -0.05) is 36.4 Å².